The van der Waals surface area contributed by atoms with E-state index in [1.807, 2.05) is 0 Å². The number of benzene rings is 1. The largest absolute Gasteiger partial charge is 0.481 e. The molecule has 2 amide bonds. The highest BCUT2D eigenvalue weighted by Gasteiger charge is 2.53. The van der Waals surface area contributed by atoms with E-state index in [0.717, 1.165) is 10.5 Å². The third-order valence-corrected chi connectivity index (χ3v) is 4.85. The van der Waals surface area contributed by atoms with Crippen LogP contribution in [0.25, 0.3) is 0 Å². The van der Waals surface area contributed by atoms with Crippen LogP contribution in [-0.4, -0.2) is 47.1 Å². The molecule has 0 radical (unpaired) electrons. The molecule has 0 saturated carbocycles. The van der Waals surface area contributed by atoms with Crippen molar-refractivity contribution >= 4 is 23.5 Å². The lowest BCUT2D eigenvalue weighted by Gasteiger charge is -2.20. The van der Waals surface area contributed by atoms with Crippen LogP contribution in [0.1, 0.15) is 28.8 Å². The summed E-state index contributed by atoms with van der Waals surface area (Å²) in [7, 11) is 0. The zero-order valence-corrected chi connectivity index (χ0v) is 13.7. The number of alkyl halides is 3. The molecule has 3 rings (SSSR count). The molecular weight excluding hydrogens is 353 g/mol. The number of amides is 2. The minimum absolute atomic E-state index is 0.0287. The lowest BCUT2D eigenvalue weighted by molar-refractivity contribution is -0.187. The van der Waals surface area contributed by atoms with Crippen molar-refractivity contribution in [1.29, 1.82) is 0 Å². The van der Waals surface area contributed by atoms with E-state index in [0.29, 0.717) is 30.5 Å². The van der Waals surface area contributed by atoms with Gasteiger partial charge in [0.1, 0.15) is 0 Å². The van der Waals surface area contributed by atoms with E-state index < -0.39 is 43.1 Å². The van der Waals surface area contributed by atoms with Gasteiger partial charge in [-0.15, -0.1) is 0 Å². The average Bonchev–Trinajstić information content (AvgIpc) is 3.01. The Morgan fingerprint density at radius 1 is 1.19 bits per heavy atom. The SMILES string of the molecule is O=C1CCCc2cc(NC(=O)N3C[C@@H](C(F)(F)F)[C@H](C(=O)O)C3)ccc21. The number of urea groups is 1. The summed E-state index contributed by atoms with van der Waals surface area (Å²) in [6, 6.07) is 3.96. The maximum absolute atomic E-state index is 13.0. The molecule has 26 heavy (non-hydrogen) atoms. The van der Waals surface area contributed by atoms with Crippen molar-refractivity contribution in [2.45, 2.75) is 25.4 Å². The van der Waals surface area contributed by atoms with E-state index in [-0.39, 0.29) is 5.78 Å². The molecule has 9 heteroatoms. The third-order valence-electron chi connectivity index (χ3n) is 4.85. The standard InChI is InChI=1S/C17H17F3N2O4/c18-17(19,20)13-8-22(7-12(13)15(24)25)16(26)21-10-4-5-11-9(6-10)2-1-3-14(11)23/h4-6,12-13H,1-3,7-8H2,(H,21,26)(H,24,25)/t12-,13-/m1/s1. The van der Waals surface area contributed by atoms with Crippen LogP contribution in [0.3, 0.4) is 0 Å². The van der Waals surface area contributed by atoms with E-state index in [2.05, 4.69) is 5.32 Å². The number of hydrogen-bond acceptors (Lipinski definition) is 3. The number of carbonyl (C=O) groups excluding carboxylic acids is 2. The molecule has 1 aliphatic carbocycles. The topological polar surface area (TPSA) is 86.7 Å². The van der Waals surface area contributed by atoms with Crippen LogP contribution in [0, 0.1) is 11.8 Å². The first-order chi connectivity index (χ1) is 12.2. The number of hydrogen-bond donors (Lipinski definition) is 2. The van der Waals surface area contributed by atoms with Gasteiger partial charge < -0.3 is 15.3 Å². The van der Waals surface area contributed by atoms with Gasteiger partial charge in [-0.05, 0) is 36.6 Å². The average molecular weight is 370 g/mol. The summed E-state index contributed by atoms with van der Waals surface area (Å²) in [4.78, 5) is 36.0. The number of ketones is 1. The van der Waals surface area contributed by atoms with Gasteiger partial charge in [0, 0.05) is 30.8 Å². The van der Waals surface area contributed by atoms with Gasteiger partial charge in [-0.25, -0.2) is 4.79 Å². The highest BCUT2D eigenvalue weighted by Crippen LogP contribution is 2.38. The minimum Gasteiger partial charge on any atom is -0.481 e. The molecule has 1 heterocycles. The predicted molar refractivity (Wildman–Crippen MR) is 85.0 cm³/mol. The number of carboxylic acid groups (broad SMARTS) is 1. The van der Waals surface area contributed by atoms with Crippen LogP contribution >= 0.6 is 0 Å². The maximum Gasteiger partial charge on any atom is 0.394 e. The van der Waals surface area contributed by atoms with E-state index in [1.54, 1.807) is 12.1 Å². The number of likely N-dealkylation sites (tertiary alicyclic amines) is 1. The highest BCUT2D eigenvalue weighted by molar-refractivity contribution is 5.99. The molecule has 1 saturated heterocycles. The number of nitrogens with one attached hydrogen (secondary N) is 1. The second-order valence-corrected chi connectivity index (χ2v) is 6.58. The normalized spacial score (nSPS) is 22.9. The molecule has 2 aliphatic rings. The van der Waals surface area contributed by atoms with Crippen molar-refractivity contribution in [3.8, 4) is 0 Å². The maximum atomic E-state index is 13.0. The zero-order valence-electron chi connectivity index (χ0n) is 13.7. The van der Waals surface area contributed by atoms with Crippen LogP contribution < -0.4 is 5.32 Å². The fourth-order valence-corrected chi connectivity index (χ4v) is 3.48. The Balaban J connectivity index is 1.72. The molecule has 0 spiro atoms. The molecule has 1 aliphatic heterocycles. The van der Waals surface area contributed by atoms with Crippen LogP contribution in [0.4, 0.5) is 23.7 Å². The van der Waals surface area contributed by atoms with E-state index in [9.17, 15) is 27.6 Å². The molecule has 140 valence electrons. The van der Waals surface area contributed by atoms with Crippen LogP contribution in [0.2, 0.25) is 0 Å². The zero-order chi connectivity index (χ0) is 19.1. The smallest absolute Gasteiger partial charge is 0.394 e. The first-order valence-corrected chi connectivity index (χ1v) is 8.18. The quantitative estimate of drug-likeness (QED) is 0.838. The van der Waals surface area contributed by atoms with Gasteiger partial charge in [-0.2, -0.15) is 13.2 Å². The summed E-state index contributed by atoms with van der Waals surface area (Å²) in [5.74, 6) is -5.32. The van der Waals surface area contributed by atoms with Crippen LogP contribution in [0.15, 0.2) is 18.2 Å². The fraction of sp³-hybridized carbons (Fsp3) is 0.471. The van der Waals surface area contributed by atoms with Gasteiger partial charge in [-0.1, -0.05) is 0 Å². The van der Waals surface area contributed by atoms with Gasteiger partial charge in [-0.3, -0.25) is 9.59 Å². The molecule has 6 nitrogen and oxygen atoms in total. The molecule has 2 N–H and O–H groups in total. The third kappa shape index (κ3) is 3.51. The van der Waals surface area contributed by atoms with Crippen molar-refractivity contribution in [3.05, 3.63) is 29.3 Å². The number of halogens is 3. The van der Waals surface area contributed by atoms with E-state index >= 15 is 0 Å². The Kier molecular flexibility index (Phi) is 4.64. The first-order valence-electron chi connectivity index (χ1n) is 8.18. The lowest BCUT2D eigenvalue weighted by Crippen LogP contribution is -2.35. The second kappa shape index (κ2) is 6.62. The number of rotatable bonds is 2. The molecule has 2 atom stereocenters. The molecule has 0 bridgehead atoms. The summed E-state index contributed by atoms with van der Waals surface area (Å²) >= 11 is 0. The Hall–Kier alpha value is -2.58. The molecule has 1 fully saturated rings. The van der Waals surface area contributed by atoms with Gasteiger partial charge in [0.25, 0.3) is 0 Å². The van der Waals surface area contributed by atoms with Crippen molar-refractivity contribution in [2.75, 3.05) is 18.4 Å². The van der Waals surface area contributed by atoms with Crippen LogP contribution in [-0.2, 0) is 11.2 Å². The van der Waals surface area contributed by atoms with Crippen molar-refractivity contribution in [3.63, 3.8) is 0 Å². The summed E-state index contributed by atoms with van der Waals surface area (Å²) in [6.07, 6.45) is -2.82. The highest BCUT2D eigenvalue weighted by atomic mass is 19.4. The van der Waals surface area contributed by atoms with Crippen molar-refractivity contribution in [2.24, 2.45) is 11.8 Å². The van der Waals surface area contributed by atoms with Crippen LogP contribution in [0.5, 0.6) is 0 Å². The first kappa shape index (κ1) is 18.2. The Morgan fingerprint density at radius 2 is 1.92 bits per heavy atom. The summed E-state index contributed by atoms with van der Waals surface area (Å²) in [5, 5.41) is 11.5. The molecule has 0 aromatic heterocycles. The Labute approximate surface area is 147 Å². The molecule has 0 unspecified atom stereocenters. The number of carbonyl (C=O) groups is 3. The monoisotopic (exact) mass is 370 g/mol. The molecule has 1 aromatic rings. The van der Waals surface area contributed by atoms with Gasteiger partial charge in [0.05, 0.1) is 11.8 Å². The molecular formula is C17H17F3N2O4. The second-order valence-electron chi connectivity index (χ2n) is 6.58. The predicted octanol–water partition coefficient (Wildman–Crippen LogP) is 2.93. The van der Waals surface area contributed by atoms with Crippen molar-refractivity contribution in [1.82, 2.24) is 4.90 Å². The van der Waals surface area contributed by atoms with E-state index in [1.165, 1.54) is 6.07 Å². The fourth-order valence-electron chi connectivity index (χ4n) is 3.48. The van der Waals surface area contributed by atoms with Gasteiger partial charge in [0.2, 0.25) is 0 Å². The number of fused-ring (bicyclic) bond motifs is 1. The molecule has 1 aromatic carbocycles. The van der Waals surface area contributed by atoms with Crippen molar-refractivity contribution < 1.29 is 32.7 Å². The minimum atomic E-state index is -4.69. The summed E-state index contributed by atoms with van der Waals surface area (Å²) in [6.45, 7) is -1.20. The summed E-state index contributed by atoms with van der Waals surface area (Å²) < 4.78 is 39.0. The Morgan fingerprint density at radius 3 is 2.54 bits per heavy atom. The number of Topliss-reactive ketones (excluding diaryl/α,β-unsaturated/α-hetero) is 1. The van der Waals surface area contributed by atoms with Gasteiger partial charge in [0.15, 0.2) is 5.78 Å². The lowest BCUT2D eigenvalue weighted by atomic mass is 9.90. The Bertz CT molecular complexity index is 763. The van der Waals surface area contributed by atoms with Gasteiger partial charge >= 0.3 is 18.2 Å². The number of anilines is 1. The van der Waals surface area contributed by atoms with E-state index in [4.69, 9.17) is 5.11 Å². The summed E-state index contributed by atoms with van der Waals surface area (Å²) in [5.41, 5.74) is 1.75. The number of carboxylic acids is 1. The number of aliphatic carboxylic acids is 1. The number of aryl methyl sites for hydroxylation is 1. The number of nitrogens with zero attached hydrogens (tertiary/aromatic N) is 1.